The summed E-state index contributed by atoms with van der Waals surface area (Å²) in [6.07, 6.45) is 3.45. The average molecular weight is 281 g/mol. The van der Waals surface area contributed by atoms with Crippen molar-refractivity contribution in [1.82, 2.24) is 19.5 Å². The molecule has 5 nitrogen and oxygen atoms in total. The summed E-state index contributed by atoms with van der Waals surface area (Å²) in [5.74, 6) is 0.864. The molecule has 3 aromatic rings. The van der Waals surface area contributed by atoms with Crippen molar-refractivity contribution in [3.05, 3.63) is 48.5 Å². The van der Waals surface area contributed by atoms with Crippen LogP contribution in [0.25, 0.3) is 11.2 Å². The number of aromatic nitrogens is 4. The van der Waals surface area contributed by atoms with Gasteiger partial charge in [0.05, 0.1) is 6.33 Å². The van der Waals surface area contributed by atoms with Gasteiger partial charge in [-0.05, 0) is 19.4 Å². The summed E-state index contributed by atoms with van der Waals surface area (Å²) >= 11 is 0. The topological polar surface area (TPSA) is 46.8 Å². The maximum atomic E-state index is 4.50. The second-order valence-electron chi connectivity index (χ2n) is 5.46. The van der Waals surface area contributed by atoms with Gasteiger partial charge in [-0.3, -0.25) is 0 Å². The summed E-state index contributed by atoms with van der Waals surface area (Å²) in [5, 5.41) is 0. The number of anilines is 1. The van der Waals surface area contributed by atoms with E-state index >= 15 is 0 Å². The fraction of sp³-hybridized carbons (Fsp3) is 0.312. The zero-order valence-corrected chi connectivity index (χ0v) is 12.6. The predicted molar refractivity (Wildman–Crippen MR) is 84.3 cm³/mol. The van der Waals surface area contributed by atoms with Crippen LogP contribution in [0.3, 0.4) is 0 Å². The Hall–Kier alpha value is -2.43. The largest absolute Gasteiger partial charge is 0.353 e. The highest BCUT2D eigenvalue weighted by atomic mass is 15.2. The first kappa shape index (κ1) is 13.5. The fourth-order valence-corrected chi connectivity index (χ4v) is 2.43. The van der Waals surface area contributed by atoms with Crippen molar-refractivity contribution >= 4 is 17.0 Å². The lowest BCUT2D eigenvalue weighted by Crippen LogP contribution is -2.18. The minimum atomic E-state index is 0.331. The minimum absolute atomic E-state index is 0.331. The van der Waals surface area contributed by atoms with Crippen LogP contribution in [0.5, 0.6) is 0 Å². The smallest absolute Gasteiger partial charge is 0.165 e. The van der Waals surface area contributed by atoms with Crippen LogP contribution in [0.1, 0.15) is 25.5 Å². The molecule has 0 saturated carbocycles. The molecule has 21 heavy (non-hydrogen) atoms. The Labute approximate surface area is 124 Å². The van der Waals surface area contributed by atoms with Gasteiger partial charge < -0.3 is 9.47 Å². The Morgan fingerprint density at radius 1 is 1.10 bits per heavy atom. The molecule has 108 valence electrons. The minimum Gasteiger partial charge on any atom is -0.353 e. The Morgan fingerprint density at radius 2 is 1.86 bits per heavy atom. The van der Waals surface area contributed by atoms with Crippen molar-refractivity contribution in [2.45, 2.75) is 26.4 Å². The molecule has 0 fully saturated rings. The van der Waals surface area contributed by atoms with E-state index < -0.39 is 0 Å². The molecule has 2 heterocycles. The quantitative estimate of drug-likeness (QED) is 0.737. The van der Waals surface area contributed by atoms with Crippen molar-refractivity contribution in [2.75, 3.05) is 11.9 Å². The number of hydrogen-bond donors (Lipinski definition) is 0. The van der Waals surface area contributed by atoms with Gasteiger partial charge in [0.15, 0.2) is 17.0 Å². The van der Waals surface area contributed by atoms with Gasteiger partial charge in [0.2, 0.25) is 0 Å². The Bertz CT molecular complexity index is 733. The van der Waals surface area contributed by atoms with E-state index in [2.05, 4.69) is 50.4 Å². The van der Waals surface area contributed by atoms with Gasteiger partial charge in [0.1, 0.15) is 6.33 Å². The van der Waals surface area contributed by atoms with Crippen LogP contribution in [0.4, 0.5) is 5.82 Å². The molecule has 0 aliphatic heterocycles. The molecule has 0 unspecified atom stereocenters. The van der Waals surface area contributed by atoms with E-state index in [-0.39, 0.29) is 0 Å². The van der Waals surface area contributed by atoms with Gasteiger partial charge >= 0.3 is 0 Å². The first-order valence-corrected chi connectivity index (χ1v) is 7.09. The Balaban J connectivity index is 1.97. The summed E-state index contributed by atoms with van der Waals surface area (Å²) in [6.45, 7) is 5.04. The van der Waals surface area contributed by atoms with E-state index in [4.69, 9.17) is 0 Å². The molecule has 0 spiro atoms. The standard InChI is InChI=1S/C16H19N5/c1-12(2)21-11-19-14-15(17-10-18-16(14)21)20(3)9-13-7-5-4-6-8-13/h4-8,10-12H,9H2,1-3H3. The van der Waals surface area contributed by atoms with Gasteiger partial charge in [0, 0.05) is 19.6 Å². The molecule has 0 bridgehead atoms. The molecule has 5 heteroatoms. The molecule has 0 amide bonds. The third-order valence-corrected chi connectivity index (χ3v) is 3.52. The molecule has 0 radical (unpaired) electrons. The van der Waals surface area contributed by atoms with Gasteiger partial charge in [0.25, 0.3) is 0 Å². The number of benzene rings is 1. The van der Waals surface area contributed by atoms with Gasteiger partial charge in [-0.2, -0.15) is 0 Å². The Kier molecular flexibility index (Phi) is 3.56. The van der Waals surface area contributed by atoms with E-state index in [9.17, 15) is 0 Å². The lowest BCUT2D eigenvalue weighted by atomic mass is 10.2. The molecular weight excluding hydrogens is 262 g/mol. The fourth-order valence-electron chi connectivity index (χ4n) is 2.43. The summed E-state index contributed by atoms with van der Waals surface area (Å²) in [7, 11) is 2.03. The lowest BCUT2D eigenvalue weighted by molar-refractivity contribution is 0.612. The molecule has 0 atom stereocenters. The molecule has 0 aliphatic rings. The zero-order valence-electron chi connectivity index (χ0n) is 12.6. The van der Waals surface area contributed by atoms with Crippen LogP contribution in [0, 0.1) is 0 Å². The van der Waals surface area contributed by atoms with Gasteiger partial charge in [-0.25, -0.2) is 15.0 Å². The normalized spacial score (nSPS) is 11.2. The summed E-state index contributed by atoms with van der Waals surface area (Å²) in [4.78, 5) is 15.4. The highest BCUT2D eigenvalue weighted by Crippen LogP contribution is 2.23. The van der Waals surface area contributed by atoms with Crippen LogP contribution >= 0.6 is 0 Å². The van der Waals surface area contributed by atoms with Gasteiger partial charge in [-0.1, -0.05) is 30.3 Å². The van der Waals surface area contributed by atoms with Crippen molar-refractivity contribution in [3.63, 3.8) is 0 Å². The maximum absolute atomic E-state index is 4.50. The van der Waals surface area contributed by atoms with Crippen molar-refractivity contribution in [2.24, 2.45) is 0 Å². The first-order chi connectivity index (χ1) is 10.2. The van der Waals surface area contributed by atoms with Crippen molar-refractivity contribution in [3.8, 4) is 0 Å². The lowest BCUT2D eigenvalue weighted by Gasteiger charge is -2.18. The summed E-state index contributed by atoms with van der Waals surface area (Å²) < 4.78 is 2.07. The third kappa shape index (κ3) is 2.59. The van der Waals surface area contributed by atoms with Crippen molar-refractivity contribution < 1.29 is 0 Å². The van der Waals surface area contributed by atoms with Gasteiger partial charge in [-0.15, -0.1) is 0 Å². The van der Waals surface area contributed by atoms with E-state index in [0.29, 0.717) is 6.04 Å². The highest BCUT2D eigenvalue weighted by molar-refractivity contribution is 5.83. The van der Waals surface area contributed by atoms with Crippen LogP contribution in [0.2, 0.25) is 0 Å². The van der Waals surface area contributed by atoms with Crippen LogP contribution < -0.4 is 4.90 Å². The Morgan fingerprint density at radius 3 is 2.57 bits per heavy atom. The SMILES string of the molecule is CC(C)n1cnc2c(N(C)Cc3ccccc3)ncnc21. The molecule has 1 aromatic carbocycles. The molecule has 3 rings (SSSR count). The maximum Gasteiger partial charge on any atom is 0.165 e. The number of imidazole rings is 1. The number of nitrogens with zero attached hydrogens (tertiary/aromatic N) is 5. The van der Waals surface area contributed by atoms with Crippen LogP contribution in [-0.4, -0.2) is 26.6 Å². The number of fused-ring (bicyclic) bond motifs is 1. The highest BCUT2D eigenvalue weighted by Gasteiger charge is 2.14. The van der Waals surface area contributed by atoms with Crippen LogP contribution in [0.15, 0.2) is 43.0 Å². The summed E-state index contributed by atoms with van der Waals surface area (Å²) in [6, 6.07) is 10.7. The third-order valence-electron chi connectivity index (χ3n) is 3.52. The average Bonchev–Trinajstić information content (AvgIpc) is 2.92. The monoisotopic (exact) mass is 281 g/mol. The van der Waals surface area contributed by atoms with E-state index in [1.165, 1.54) is 5.56 Å². The summed E-state index contributed by atoms with van der Waals surface area (Å²) in [5.41, 5.74) is 2.98. The first-order valence-electron chi connectivity index (χ1n) is 7.09. The predicted octanol–water partition coefficient (Wildman–Crippen LogP) is 3.04. The second-order valence-corrected chi connectivity index (χ2v) is 5.46. The molecule has 0 saturated heterocycles. The van der Waals surface area contributed by atoms with E-state index in [1.54, 1.807) is 6.33 Å². The number of rotatable bonds is 4. The van der Waals surface area contributed by atoms with E-state index in [0.717, 1.165) is 23.5 Å². The van der Waals surface area contributed by atoms with Crippen LogP contribution in [-0.2, 0) is 6.54 Å². The molecular formula is C16H19N5. The molecule has 2 aromatic heterocycles. The number of hydrogen-bond acceptors (Lipinski definition) is 4. The molecule has 0 N–H and O–H groups in total. The zero-order chi connectivity index (χ0) is 14.8. The second kappa shape index (κ2) is 5.52. The van der Waals surface area contributed by atoms with Crippen molar-refractivity contribution in [1.29, 1.82) is 0 Å². The molecule has 0 aliphatic carbocycles. The van der Waals surface area contributed by atoms with E-state index in [1.807, 2.05) is 31.6 Å².